The van der Waals surface area contributed by atoms with Crippen LogP contribution in [0.5, 0.6) is 0 Å². The maximum absolute atomic E-state index is 12.1. The molecule has 3 N–H and O–H groups in total. The third-order valence-electron chi connectivity index (χ3n) is 3.61. The van der Waals surface area contributed by atoms with Gasteiger partial charge in [-0.2, -0.15) is 0 Å². The number of furan rings is 1. The smallest absolute Gasteiger partial charge is 0.321 e. The summed E-state index contributed by atoms with van der Waals surface area (Å²) >= 11 is 0. The Kier molecular flexibility index (Phi) is 7.03. The molecule has 0 aliphatic rings. The second kappa shape index (κ2) is 9.48. The monoisotopic (exact) mass is 345 g/mol. The van der Waals surface area contributed by atoms with Gasteiger partial charge in [-0.3, -0.25) is 10.1 Å². The molecule has 0 unspecified atom stereocenters. The zero-order chi connectivity index (χ0) is 18.1. The van der Waals surface area contributed by atoms with Crippen LogP contribution < -0.4 is 15.5 Å². The first-order chi connectivity index (χ1) is 12.1. The first-order valence-corrected chi connectivity index (χ1v) is 8.16. The number of anilines is 1. The van der Waals surface area contributed by atoms with E-state index in [1.165, 1.54) is 6.26 Å². The van der Waals surface area contributed by atoms with Gasteiger partial charge in [0.15, 0.2) is 0 Å². The summed E-state index contributed by atoms with van der Waals surface area (Å²) in [4.78, 5) is 25.7. The SMILES string of the molecule is CC[C@H](O)CN(CC(=O)NC(=O)NCc1ccco1)c1ccccc1. The summed E-state index contributed by atoms with van der Waals surface area (Å²) in [6, 6.07) is 12.1. The fourth-order valence-electron chi connectivity index (χ4n) is 2.25. The van der Waals surface area contributed by atoms with E-state index < -0.39 is 18.0 Å². The summed E-state index contributed by atoms with van der Waals surface area (Å²) in [7, 11) is 0. The molecule has 1 heterocycles. The lowest BCUT2D eigenvalue weighted by Crippen LogP contribution is -2.46. The summed E-state index contributed by atoms with van der Waals surface area (Å²) in [5.41, 5.74) is 0.807. The van der Waals surface area contributed by atoms with Gasteiger partial charge < -0.3 is 19.7 Å². The second-order valence-corrected chi connectivity index (χ2v) is 5.59. The van der Waals surface area contributed by atoms with E-state index in [1.807, 2.05) is 37.3 Å². The van der Waals surface area contributed by atoms with Crippen LogP contribution in [0, 0.1) is 0 Å². The van der Waals surface area contributed by atoms with E-state index in [2.05, 4.69) is 10.6 Å². The molecule has 7 nitrogen and oxygen atoms in total. The highest BCUT2D eigenvalue weighted by molar-refractivity contribution is 5.96. The fraction of sp³-hybridized carbons (Fsp3) is 0.333. The molecule has 1 atom stereocenters. The number of benzene rings is 1. The number of aliphatic hydroxyl groups is 1. The van der Waals surface area contributed by atoms with Crippen molar-refractivity contribution in [2.75, 3.05) is 18.0 Å². The second-order valence-electron chi connectivity index (χ2n) is 5.59. The van der Waals surface area contributed by atoms with Gasteiger partial charge in [-0.15, -0.1) is 0 Å². The van der Waals surface area contributed by atoms with Gasteiger partial charge in [-0.1, -0.05) is 25.1 Å². The summed E-state index contributed by atoms with van der Waals surface area (Å²) in [6.45, 7) is 2.34. The molecule has 0 saturated heterocycles. The zero-order valence-corrected chi connectivity index (χ0v) is 14.1. The number of aliphatic hydroxyl groups excluding tert-OH is 1. The van der Waals surface area contributed by atoms with Crippen LogP contribution in [0.25, 0.3) is 0 Å². The number of hydrogen-bond acceptors (Lipinski definition) is 5. The quantitative estimate of drug-likeness (QED) is 0.679. The van der Waals surface area contributed by atoms with Crippen molar-refractivity contribution < 1.29 is 19.1 Å². The van der Waals surface area contributed by atoms with Crippen molar-refractivity contribution in [3.8, 4) is 0 Å². The minimum Gasteiger partial charge on any atom is -0.467 e. The van der Waals surface area contributed by atoms with Gasteiger partial charge in [0.2, 0.25) is 5.91 Å². The number of imide groups is 1. The Morgan fingerprint density at radius 1 is 1.20 bits per heavy atom. The molecule has 0 saturated carbocycles. The molecule has 2 rings (SSSR count). The summed E-state index contributed by atoms with van der Waals surface area (Å²) < 4.78 is 5.10. The molecule has 0 spiro atoms. The molecule has 0 bridgehead atoms. The highest BCUT2D eigenvalue weighted by Gasteiger charge is 2.16. The number of para-hydroxylation sites is 1. The molecule has 25 heavy (non-hydrogen) atoms. The molecule has 3 amide bonds. The van der Waals surface area contributed by atoms with Crippen LogP contribution in [-0.2, 0) is 11.3 Å². The van der Waals surface area contributed by atoms with Crippen LogP contribution in [0.3, 0.4) is 0 Å². The summed E-state index contributed by atoms with van der Waals surface area (Å²) in [5.74, 6) is 0.142. The Hall–Kier alpha value is -2.80. The van der Waals surface area contributed by atoms with Crippen LogP contribution >= 0.6 is 0 Å². The van der Waals surface area contributed by atoms with E-state index in [9.17, 15) is 14.7 Å². The fourth-order valence-corrected chi connectivity index (χ4v) is 2.25. The van der Waals surface area contributed by atoms with Crippen LogP contribution in [0.2, 0.25) is 0 Å². The Labute approximate surface area is 146 Å². The van der Waals surface area contributed by atoms with Crippen molar-refractivity contribution >= 4 is 17.6 Å². The standard InChI is InChI=1S/C18H23N3O4/c1-2-15(22)12-21(14-7-4-3-5-8-14)13-17(23)20-18(24)19-11-16-9-6-10-25-16/h3-10,15,22H,2,11-13H2,1H3,(H2,19,20,23,24)/t15-/m0/s1. The number of nitrogens with one attached hydrogen (secondary N) is 2. The Morgan fingerprint density at radius 3 is 2.60 bits per heavy atom. The number of hydrogen-bond donors (Lipinski definition) is 3. The van der Waals surface area contributed by atoms with E-state index in [0.29, 0.717) is 18.7 Å². The lowest BCUT2D eigenvalue weighted by Gasteiger charge is -2.26. The molecule has 1 aromatic heterocycles. The van der Waals surface area contributed by atoms with Crippen LogP contribution in [0.4, 0.5) is 10.5 Å². The Balaban J connectivity index is 1.88. The predicted octanol–water partition coefficient (Wildman–Crippen LogP) is 1.88. The molecule has 0 radical (unpaired) electrons. The van der Waals surface area contributed by atoms with E-state index in [1.54, 1.807) is 17.0 Å². The average Bonchev–Trinajstić information content (AvgIpc) is 3.13. The van der Waals surface area contributed by atoms with Crippen LogP contribution in [0.1, 0.15) is 19.1 Å². The van der Waals surface area contributed by atoms with E-state index in [-0.39, 0.29) is 13.1 Å². The molecule has 1 aromatic carbocycles. The van der Waals surface area contributed by atoms with E-state index in [0.717, 1.165) is 5.69 Å². The highest BCUT2D eigenvalue weighted by Crippen LogP contribution is 2.14. The van der Waals surface area contributed by atoms with Crippen molar-refractivity contribution in [3.05, 3.63) is 54.5 Å². The maximum Gasteiger partial charge on any atom is 0.321 e. The van der Waals surface area contributed by atoms with Gasteiger partial charge in [0.05, 0.1) is 25.5 Å². The van der Waals surface area contributed by atoms with Crippen molar-refractivity contribution in [2.45, 2.75) is 26.0 Å². The zero-order valence-electron chi connectivity index (χ0n) is 14.1. The van der Waals surface area contributed by atoms with Gasteiger partial charge in [0.1, 0.15) is 5.76 Å². The first kappa shape index (κ1) is 18.5. The van der Waals surface area contributed by atoms with Crippen LogP contribution in [-0.4, -0.2) is 36.2 Å². The minimum atomic E-state index is -0.592. The third-order valence-corrected chi connectivity index (χ3v) is 3.61. The number of amides is 3. The topological polar surface area (TPSA) is 94.8 Å². The van der Waals surface area contributed by atoms with Crippen molar-refractivity contribution in [1.29, 1.82) is 0 Å². The number of rotatable bonds is 8. The molecular weight excluding hydrogens is 322 g/mol. The summed E-state index contributed by atoms with van der Waals surface area (Å²) in [6.07, 6.45) is 1.53. The van der Waals surface area contributed by atoms with Crippen molar-refractivity contribution in [2.24, 2.45) is 0 Å². The Morgan fingerprint density at radius 2 is 1.96 bits per heavy atom. The van der Waals surface area contributed by atoms with Gasteiger partial charge in [0.25, 0.3) is 0 Å². The largest absolute Gasteiger partial charge is 0.467 e. The number of urea groups is 1. The van der Waals surface area contributed by atoms with Crippen molar-refractivity contribution in [3.63, 3.8) is 0 Å². The molecule has 2 aromatic rings. The molecule has 0 fully saturated rings. The normalized spacial score (nSPS) is 11.6. The average molecular weight is 345 g/mol. The number of carbonyl (C=O) groups is 2. The predicted molar refractivity (Wildman–Crippen MR) is 94.0 cm³/mol. The van der Waals surface area contributed by atoms with Crippen molar-refractivity contribution in [1.82, 2.24) is 10.6 Å². The lowest BCUT2D eigenvalue weighted by atomic mass is 10.2. The number of nitrogens with zero attached hydrogens (tertiary/aromatic N) is 1. The van der Waals surface area contributed by atoms with Gasteiger partial charge in [0, 0.05) is 12.2 Å². The van der Waals surface area contributed by atoms with Gasteiger partial charge >= 0.3 is 6.03 Å². The molecule has 7 heteroatoms. The lowest BCUT2D eigenvalue weighted by molar-refractivity contribution is -0.118. The van der Waals surface area contributed by atoms with Crippen LogP contribution in [0.15, 0.2) is 53.1 Å². The number of carbonyl (C=O) groups excluding carboxylic acids is 2. The Bertz CT molecular complexity index is 658. The maximum atomic E-state index is 12.1. The summed E-state index contributed by atoms with van der Waals surface area (Å²) in [5, 5.41) is 14.7. The minimum absolute atomic E-state index is 0.0325. The highest BCUT2D eigenvalue weighted by atomic mass is 16.3. The molecule has 0 aliphatic carbocycles. The third kappa shape index (κ3) is 6.31. The van der Waals surface area contributed by atoms with Gasteiger partial charge in [-0.05, 0) is 30.7 Å². The molecular formula is C18H23N3O4. The first-order valence-electron chi connectivity index (χ1n) is 8.16. The molecule has 0 aliphatic heterocycles. The van der Waals surface area contributed by atoms with Gasteiger partial charge in [-0.25, -0.2) is 4.79 Å². The van der Waals surface area contributed by atoms with E-state index in [4.69, 9.17) is 4.42 Å². The van der Waals surface area contributed by atoms with E-state index >= 15 is 0 Å². The molecule has 134 valence electrons.